The van der Waals surface area contributed by atoms with E-state index in [0.29, 0.717) is 5.92 Å². The Morgan fingerprint density at radius 1 is 1.11 bits per heavy atom. The molecule has 0 saturated heterocycles. The average molecular weight is 256 g/mol. The molecule has 1 atom stereocenters. The van der Waals surface area contributed by atoms with Crippen LogP contribution in [0.3, 0.4) is 0 Å². The van der Waals surface area contributed by atoms with E-state index in [9.17, 15) is 0 Å². The van der Waals surface area contributed by atoms with Gasteiger partial charge >= 0.3 is 0 Å². The highest BCUT2D eigenvalue weighted by molar-refractivity contribution is 7.99. The molecule has 0 aliphatic heterocycles. The van der Waals surface area contributed by atoms with E-state index in [1.807, 2.05) is 18.2 Å². The quantitative estimate of drug-likeness (QED) is 0.445. The fourth-order valence-electron chi connectivity index (χ4n) is 1.76. The zero-order valence-corrected chi connectivity index (χ0v) is 11.0. The smallest absolute Gasteiger partial charge is 0.187 e. The molecule has 0 fully saturated rings. The second kappa shape index (κ2) is 6.97. The van der Waals surface area contributed by atoms with E-state index in [1.165, 1.54) is 5.56 Å². The lowest BCUT2D eigenvalue weighted by molar-refractivity contribution is 0.791. The maximum atomic E-state index is 4.23. The predicted octanol–water partition coefficient (Wildman–Crippen LogP) is 3.93. The Kier molecular flexibility index (Phi) is 4.97. The van der Waals surface area contributed by atoms with Crippen LogP contribution < -0.4 is 0 Å². The van der Waals surface area contributed by atoms with Crippen LogP contribution in [0.5, 0.6) is 0 Å². The van der Waals surface area contributed by atoms with Gasteiger partial charge < -0.3 is 0 Å². The summed E-state index contributed by atoms with van der Waals surface area (Å²) in [5.41, 5.74) is 1.35. The molecular weight excluding hydrogens is 240 g/mol. The molecule has 0 unspecified atom stereocenters. The average Bonchev–Trinajstić information content (AvgIpc) is 2.45. The molecule has 0 aliphatic carbocycles. The normalized spacial score (nSPS) is 12.0. The van der Waals surface area contributed by atoms with Crippen molar-refractivity contribution in [1.82, 2.24) is 9.97 Å². The highest BCUT2D eigenvalue weighted by Gasteiger charge is 2.10. The van der Waals surface area contributed by atoms with Crippen molar-refractivity contribution in [1.29, 1.82) is 0 Å². The molecule has 0 radical (unpaired) electrons. The Morgan fingerprint density at radius 3 is 2.50 bits per heavy atom. The number of hydrogen-bond donors (Lipinski definition) is 0. The van der Waals surface area contributed by atoms with Gasteiger partial charge in [-0.25, -0.2) is 9.97 Å². The van der Waals surface area contributed by atoms with Crippen LogP contribution in [0.2, 0.25) is 0 Å². The van der Waals surface area contributed by atoms with Crippen molar-refractivity contribution >= 4 is 11.8 Å². The van der Waals surface area contributed by atoms with Crippen molar-refractivity contribution in [2.75, 3.05) is 5.75 Å². The summed E-state index contributed by atoms with van der Waals surface area (Å²) < 4.78 is 0. The molecule has 3 heteroatoms. The molecule has 0 aliphatic rings. The molecule has 92 valence electrons. The first-order valence-electron chi connectivity index (χ1n) is 5.96. The zero-order valence-electron chi connectivity index (χ0n) is 10.2. The molecule has 1 aromatic heterocycles. The van der Waals surface area contributed by atoms with Crippen molar-refractivity contribution in [3.05, 3.63) is 67.0 Å². The lowest BCUT2D eigenvalue weighted by Gasteiger charge is -2.14. The molecule has 0 spiro atoms. The van der Waals surface area contributed by atoms with E-state index >= 15 is 0 Å². The maximum Gasteiger partial charge on any atom is 0.187 e. The summed E-state index contributed by atoms with van der Waals surface area (Å²) in [5, 5.41) is 0.836. The Morgan fingerprint density at radius 2 is 1.83 bits per heavy atom. The van der Waals surface area contributed by atoms with Gasteiger partial charge in [0.2, 0.25) is 0 Å². The molecule has 2 aromatic rings. The maximum absolute atomic E-state index is 4.23. The van der Waals surface area contributed by atoms with Gasteiger partial charge in [0.1, 0.15) is 0 Å². The molecular formula is C15H16N2S. The van der Waals surface area contributed by atoms with Gasteiger partial charge in [0.15, 0.2) is 5.16 Å². The molecule has 2 rings (SSSR count). The molecule has 1 aromatic carbocycles. The van der Waals surface area contributed by atoms with Gasteiger partial charge in [0.05, 0.1) is 0 Å². The van der Waals surface area contributed by atoms with Crippen LogP contribution in [0.4, 0.5) is 0 Å². The first-order chi connectivity index (χ1) is 8.90. The number of hydrogen-bond acceptors (Lipinski definition) is 3. The van der Waals surface area contributed by atoms with Gasteiger partial charge in [-0.1, -0.05) is 48.2 Å². The van der Waals surface area contributed by atoms with Crippen molar-refractivity contribution < 1.29 is 0 Å². The molecule has 0 amide bonds. The lowest BCUT2D eigenvalue weighted by Crippen LogP contribution is -2.01. The Balaban J connectivity index is 2.01. The van der Waals surface area contributed by atoms with Crippen molar-refractivity contribution in [2.45, 2.75) is 17.5 Å². The predicted molar refractivity (Wildman–Crippen MR) is 76.8 cm³/mol. The fourth-order valence-corrected chi connectivity index (χ4v) is 2.71. The third kappa shape index (κ3) is 3.70. The topological polar surface area (TPSA) is 25.8 Å². The number of thioether (sulfide) groups is 1. The van der Waals surface area contributed by atoms with Gasteiger partial charge in [0, 0.05) is 18.1 Å². The number of benzene rings is 1. The summed E-state index contributed by atoms with van der Waals surface area (Å²) in [5.74, 6) is 1.44. The Bertz CT molecular complexity index is 470. The van der Waals surface area contributed by atoms with Crippen LogP contribution in [0.1, 0.15) is 17.9 Å². The molecule has 0 saturated carbocycles. The SMILES string of the molecule is C=CC[C@@H](CSc1ncccn1)c1ccccc1. The van der Waals surface area contributed by atoms with Gasteiger partial charge in [-0.05, 0) is 24.0 Å². The largest absolute Gasteiger partial charge is 0.231 e. The molecule has 2 nitrogen and oxygen atoms in total. The van der Waals surface area contributed by atoms with Crippen LogP contribution in [0.15, 0.2) is 66.6 Å². The summed E-state index contributed by atoms with van der Waals surface area (Å²) in [6.07, 6.45) is 6.51. The summed E-state index contributed by atoms with van der Waals surface area (Å²) in [4.78, 5) is 8.46. The summed E-state index contributed by atoms with van der Waals surface area (Å²) in [7, 11) is 0. The molecule has 1 heterocycles. The Labute approximate surface area is 112 Å². The first kappa shape index (κ1) is 12.8. The summed E-state index contributed by atoms with van der Waals surface area (Å²) in [6, 6.07) is 12.4. The van der Waals surface area contributed by atoms with Gasteiger partial charge in [-0.15, -0.1) is 6.58 Å². The van der Waals surface area contributed by atoms with Crippen LogP contribution in [-0.2, 0) is 0 Å². The van der Waals surface area contributed by atoms with Crippen molar-refractivity contribution in [3.8, 4) is 0 Å². The van der Waals surface area contributed by atoms with E-state index in [-0.39, 0.29) is 0 Å². The summed E-state index contributed by atoms with van der Waals surface area (Å²) >= 11 is 1.69. The van der Waals surface area contributed by atoms with E-state index < -0.39 is 0 Å². The van der Waals surface area contributed by atoms with Crippen LogP contribution in [-0.4, -0.2) is 15.7 Å². The minimum absolute atomic E-state index is 0.470. The summed E-state index contributed by atoms with van der Waals surface area (Å²) in [6.45, 7) is 3.84. The van der Waals surface area contributed by atoms with Gasteiger partial charge in [-0.2, -0.15) is 0 Å². The second-order valence-corrected chi connectivity index (χ2v) is 4.96. The third-order valence-electron chi connectivity index (χ3n) is 2.68. The lowest BCUT2D eigenvalue weighted by atomic mass is 9.98. The monoisotopic (exact) mass is 256 g/mol. The first-order valence-corrected chi connectivity index (χ1v) is 6.94. The standard InChI is InChI=1S/C15H16N2S/c1-2-7-14(13-8-4-3-5-9-13)12-18-15-16-10-6-11-17-15/h2-6,8-11,14H,1,7,12H2/t14-/m0/s1. The molecule has 0 N–H and O–H groups in total. The third-order valence-corrected chi connectivity index (χ3v) is 3.72. The number of allylic oxidation sites excluding steroid dienone is 1. The zero-order chi connectivity index (χ0) is 12.6. The van der Waals surface area contributed by atoms with Gasteiger partial charge in [-0.3, -0.25) is 0 Å². The van der Waals surface area contributed by atoms with E-state index in [2.05, 4.69) is 40.8 Å². The molecule has 0 bridgehead atoms. The van der Waals surface area contributed by atoms with Gasteiger partial charge in [0.25, 0.3) is 0 Å². The number of rotatable bonds is 6. The Hall–Kier alpha value is -1.61. The van der Waals surface area contributed by atoms with Crippen LogP contribution >= 0.6 is 11.8 Å². The highest BCUT2D eigenvalue weighted by Crippen LogP contribution is 2.26. The van der Waals surface area contributed by atoms with E-state index in [0.717, 1.165) is 17.3 Å². The van der Waals surface area contributed by atoms with E-state index in [4.69, 9.17) is 0 Å². The van der Waals surface area contributed by atoms with Crippen LogP contribution in [0, 0.1) is 0 Å². The minimum Gasteiger partial charge on any atom is -0.231 e. The van der Waals surface area contributed by atoms with Crippen LogP contribution in [0.25, 0.3) is 0 Å². The fraction of sp³-hybridized carbons (Fsp3) is 0.200. The molecule has 18 heavy (non-hydrogen) atoms. The second-order valence-electron chi connectivity index (χ2n) is 3.97. The number of aromatic nitrogens is 2. The van der Waals surface area contributed by atoms with Crippen molar-refractivity contribution in [3.63, 3.8) is 0 Å². The van der Waals surface area contributed by atoms with E-state index in [1.54, 1.807) is 24.2 Å². The minimum atomic E-state index is 0.470. The number of nitrogens with zero attached hydrogens (tertiary/aromatic N) is 2. The highest BCUT2D eigenvalue weighted by atomic mass is 32.2. The van der Waals surface area contributed by atoms with Crippen molar-refractivity contribution in [2.24, 2.45) is 0 Å².